The third-order valence-corrected chi connectivity index (χ3v) is 5.39. The SMILES string of the molecule is c1ccc(Nc2cccc(N(c3ccccc3)c3cccc(-c4ccccc4)c3)c2)cc1. The molecule has 0 amide bonds. The first-order chi connectivity index (χ1) is 15.9. The van der Waals surface area contributed by atoms with Crippen molar-refractivity contribution in [1.82, 2.24) is 0 Å². The van der Waals surface area contributed by atoms with E-state index in [0.717, 1.165) is 28.4 Å². The molecule has 2 heteroatoms. The number of hydrogen-bond acceptors (Lipinski definition) is 2. The van der Waals surface area contributed by atoms with Crippen LogP contribution in [0.1, 0.15) is 0 Å². The Labute approximate surface area is 189 Å². The van der Waals surface area contributed by atoms with Crippen molar-refractivity contribution in [1.29, 1.82) is 0 Å². The molecule has 0 aromatic heterocycles. The van der Waals surface area contributed by atoms with E-state index in [1.165, 1.54) is 11.1 Å². The van der Waals surface area contributed by atoms with E-state index in [-0.39, 0.29) is 0 Å². The van der Waals surface area contributed by atoms with Crippen LogP contribution in [0.5, 0.6) is 0 Å². The van der Waals surface area contributed by atoms with Gasteiger partial charge in [-0.3, -0.25) is 0 Å². The molecule has 0 spiro atoms. The van der Waals surface area contributed by atoms with E-state index >= 15 is 0 Å². The summed E-state index contributed by atoms with van der Waals surface area (Å²) >= 11 is 0. The molecule has 5 aromatic carbocycles. The maximum atomic E-state index is 3.51. The Bertz CT molecular complexity index is 1280. The minimum absolute atomic E-state index is 1.05. The summed E-state index contributed by atoms with van der Waals surface area (Å²) in [5.74, 6) is 0. The molecule has 0 atom stereocenters. The Balaban J connectivity index is 1.57. The van der Waals surface area contributed by atoms with E-state index in [2.05, 4.69) is 132 Å². The quantitative estimate of drug-likeness (QED) is 0.300. The number of para-hydroxylation sites is 2. The van der Waals surface area contributed by atoms with E-state index in [4.69, 9.17) is 0 Å². The molecule has 0 bridgehead atoms. The molecule has 0 fully saturated rings. The average Bonchev–Trinajstić information content (AvgIpc) is 2.87. The Kier molecular flexibility index (Phi) is 5.67. The Morgan fingerprint density at radius 2 is 0.875 bits per heavy atom. The standard InChI is InChI=1S/C30H24N2/c1-4-12-24(13-5-1)25-14-10-20-29(22-25)32(28-18-8-3-9-19-28)30-21-11-17-27(23-30)31-26-15-6-2-7-16-26/h1-23,31H. The zero-order valence-electron chi connectivity index (χ0n) is 17.7. The summed E-state index contributed by atoms with van der Waals surface area (Å²) in [5.41, 5.74) is 7.87. The predicted octanol–water partition coefficient (Wildman–Crippen LogP) is 8.57. The van der Waals surface area contributed by atoms with E-state index < -0.39 is 0 Å². The maximum Gasteiger partial charge on any atom is 0.0482 e. The lowest BCUT2D eigenvalue weighted by atomic mass is 10.0. The third kappa shape index (κ3) is 4.40. The Morgan fingerprint density at radius 1 is 0.375 bits per heavy atom. The van der Waals surface area contributed by atoms with Crippen LogP contribution in [0.15, 0.2) is 140 Å². The monoisotopic (exact) mass is 412 g/mol. The summed E-state index contributed by atoms with van der Waals surface area (Å²) < 4.78 is 0. The predicted molar refractivity (Wildman–Crippen MR) is 136 cm³/mol. The van der Waals surface area contributed by atoms with Crippen LogP contribution in [0.3, 0.4) is 0 Å². The van der Waals surface area contributed by atoms with Gasteiger partial charge in [-0.15, -0.1) is 0 Å². The number of nitrogens with zero attached hydrogens (tertiary/aromatic N) is 1. The van der Waals surface area contributed by atoms with Gasteiger partial charge >= 0.3 is 0 Å². The van der Waals surface area contributed by atoms with Crippen LogP contribution in [-0.4, -0.2) is 0 Å². The van der Waals surface area contributed by atoms with Crippen molar-refractivity contribution in [2.45, 2.75) is 0 Å². The van der Waals surface area contributed by atoms with Crippen LogP contribution in [0.4, 0.5) is 28.4 Å². The minimum Gasteiger partial charge on any atom is -0.355 e. The average molecular weight is 413 g/mol. The Morgan fingerprint density at radius 3 is 1.59 bits per heavy atom. The van der Waals surface area contributed by atoms with Crippen molar-refractivity contribution >= 4 is 28.4 Å². The molecule has 32 heavy (non-hydrogen) atoms. The fourth-order valence-corrected chi connectivity index (χ4v) is 3.89. The summed E-state index contributed by atoms with van der Waals surface area (Å²) in [7, 11) is 0. The molecule has 5 aromatic rings. The molecule has 5 rings (SSSR count). The van der Waals surface area contributed by atoms with Crippen molar-refractivity contribution in [2.24, 2.45) is 0 Å². The smallest absolute Gasteiger partial charge is 0.0482 e. The molecule has 154 valence electrons. The molecule has 0 saturated carbocycles. The highest BCUT2D eigenvalue weighted by Gasteiger charge is 2.13. The fraction of sp³-hybridized carbons (Fsp3) is 0. The van der Waals surface area contributed by atoms with Gasteiger partial charge in [-0.25, -0.2) is 0 Å². The van der Waals surface area contributed by atoms with Gasteiger partial charge in [0.15, 0.2) is 0 Å². The van der Waals surface area contributed by atoms with Gasteiger partial charge in [-0.2, -0.15) is 0 Å². The zero-order chi connectivity index (χ0) is 21.6. The third-order valence-electron chi connectivity index (χ3n) is 5.39. The molecule has 0 aliphatic carbocycles. The van der Waals surface area contributed by atoms with E-state index in [1.807, 2.05) is 18.2 Å². The highest BCUT2D eigenvalue weighted by atomic mass is 15.1. The van der Waals surface area contributed by atoms with Gasteiger partial charge < -0.3 is 10.2 Å². The van der Waals surface area contributed by atoms with Crippen LogP contribution in [-0.2, 0) is 0 Å². The summed E-state index contributed by atoms with van der Waals surface area (Å²) in [6, 6.07) is 48.5. The van der Waals surface area contributed by atoms with E-state index in [1.54, 1.807) is 0 Å². The van der Waals surface area contributed by atoms with Gasteiger partial charge in [0.2, 0.25) is 0 Å². The highest BCUT2D eigenvalue weighted by molar-refractivity contribution is 5.81. The summed E-state index contributed by atoms with van der Waals surface area (Å²) in [5, 5.41) is 3.51. The first-order valence-electron chi connectivity index (χ1n) is 10.8. The maximum absolute atomic E-state index is 3.51. The second kappa shape index (κ2) is 9.23. The molecule has 0 heterocycles. The van der Waals surface area contributed by atoms with Gasteiger partial charge in [-0.1, -0.05) is 84.9 Å². The molecule has 0 aliphatic heterocycles. The molecule has 1 N–H and O–H groups in total. The lowest BCUT2D eigenvalue weighted by Crippen LogP contribution is -2.10. The Hall–Kier alpha value is -4.30. The van der Waals surface area contributed by atoms with Crippen molar-refractivity contribution in [3.05, 3.63) is 140 Å². The number of anilines is 5. The van der Waals surface area contributed by atoms with Gasteiger partial charge in [-0.05, 0) is 65.7 Å². The summed E-state index contributed by atoms with van der Waals surface area (Å²) in [4.78, 5) is 2.29. The van der Waals surface area contributed by atoms with Crippen LogP contribution >= 0.6 is 0 Å². The molecular formula is C30H24N2. The van der Waals surface area contributed by atoms with E-state index in [9.17, 15) is 0 Å². The summed E-state index contributed by atoms with van der Waals surface area (Å²) in [6.07, 6.45) is 0. The van der Waals surface area contributed by atoms with Gasteiger partial charge in [0.25, 0.3) is 0 Å². The first-order valence-corrected chi connectivity index (χ1v) is 10.8. The van der Waals surface area contributed by atoms with Crippen LogP contribution in [0.25, 0.3) is 11.1 Å². The van der Waals surface area contributed by atoms with E-state index in [0.29, 0.717) is 0 Å². The van der Waals surface area contributed by atoms with Gasteiger partial charge in [0.05, 0.1) is 0 Å². The molecule has 0 saturated heterocycles. The van der Waals surface area contributed by atoms with Gasteiger partial charge in [0.1, 0.15) is 0 Å². The number of nitrogens with one attached hydrogen (secondary N) is 1. The largest absolute Gasteiger partial charge is 0.355 e. The van der Waals surface area contributed by atoms with Crippen molar-refractivity contribution in [3.8, 4) is 11.1 Å². The van der Waals surface area contributed by atoms with Crippen LogP contribution in [0, 0.1) is 0 Å². The zero-order valence-corrected chi connectivity index (χ0v) is 17.7. The number of rotatable bonds is 6. The summed E-state index contributed by atoms with van der Waals surface area (Å²) in [6.45, 7) is 0. The van der Waals surface area contributed by atoms with Crippen LogP contribution < -0.4 is 10.2 Å². The van der Waals surface area contributed by atoms with Crippen LogP contribution in [0.2, 0.25) is 0 Å². The second-order valence-corrected chi connectivity index (χ2v) is 7.63. The molecule has 0 radical (unpaired) electrons. The first kappa shape index (κ1) is 19.7. The molecule has 0 unspecified atom stereocenters. The van der Waals surface area contributed by atoms with Crippen molar-refractivity contribution in [3.63, 3.8) is 0 Å². The van der Waals surface area contributed by atoms with Gasteiger partial charge in [0, 0.05) is 28.4 Å². The topological polar surface area (TPSA) is 15.3 Å². The molecule has 2 nitrogen and oxygen atoms in total. The molecule has 0 aliphatic rings. The fourth-order valence-electron chi connectivity index (χ4n) is 3.89. The number of benzene rings is 5. The normalized spacial score (nSPS) is 10.5. The minimum atomic E-state index is 1.05. The van der Waals surface area contributed by atoms with Crippen molar-refractivity contribution in [2.75, 3.05) is 10.2 Å². The lowest BCUT2D eigenvalue weighted by Gasteiger charge is -2.26. The second-order valence-electron chi connectivity index (χ2n) is 7.63. The van der Waals surface area contributed by atoms with Crippen molar-refractivity contribution < 1.29 is 0 Å². The lowest BCUT2D eigenvalue weighted by molar-refractivity contribution is 1.28. The highest BCUT2D eigenvalue weighted by Crippen LogP contribution is 2.37. The molecular weight excluding hydrogens is 388 g/mol. The number of hydrogen-bond donors (Lipinski definition) is 1.